The van der Waals surface area contributed by atoms with E-state index in [1.807, 2.05) is 0 Å². The number of imide groups is 1. The zero-order valence-corrected chi connectivity index (χ0v) is 7.99. The zero-order chi connectivity index (χ0) is 10.3. The molecule has 2 saturated heterocycles. The lowest BCUT2D eigenvalue weighted by atomic mass is 10.2. The molecule has 0 aromatic rings. The van der Waals surface area contributed by atoms with Crippen LogP contribution < -0.4 is 10.6 Å². The van der Waals surface area contributed by atoms with Crippen molar-refractivity contribution in [3.63, 3.8) is 0 Å². The maximum atomic E-state index is 11.3. The molecular formula is C8H12N2O4. The van der Waals surface area contributed by atoms with Gasteiger partial charge in [-0.1, -0.05) is 0 Å². The molecular weight excluding hydrogens is 188 g/mol. The predicted octanol–water partition coefficient (Wildman–Crippen LogP) is -0.654. The van der Waals surface area contributed by atoms with E-state index in [0.29, 0.717) is 6.61 Å². The van der Waals surface area contributed by atoms with Gasteiger partial charge in [0.15, 0.2) is 5.79 Å². The molecule has 2 rings (SSSR count). The fourth-order valence-corrected chi connectivity index (χ4v) is 1.57. The van der Waals surface area contributed by atoms with Crippen LogP contribution in [0.1, 0.15) is 13.8 Å². The predicted molar refractivity (Wildman–Crippen MR) is 45.4 cm³/mol. The number of urea groups is 1. The normalized spacial score (nSPS) is 35.6. The number of rotatable bonds is 1. The summed E-state index contributed by atoms with van der Waals surface area (Å²) in [5.41, 5.74) is 0. The van der Waals surface area contributed by atoms with Gasteiger partial charge in [-0.25, -0.2) is 4.79 Å². The van der Waals surface area contributed by atoms with Crippen molar-refractivity contribution in [1.29, 1.82) is 0 Å². The first-order valence-electron chi connectivity index (χ1n) is 4.41. The van der Waals surface area contributed by atoms with Crippen LogP contribution in [-0.2, 0) is 14.3 Å². The second-order valence-electron chi connectivity index (χ2n) is 3.81. The Morgan fingerprint density at radius 3 is 2.57 bits per heavy atom. The molecule has 2 unspecified atom stereocenters. The van der Waals surface area contributed by atoms with Crippen LogP contribution in [0.15, 0.2) is 0 Å². The molecule has 2 heterocycles. The first kappa shape index (κ1) is 9.42. The van der Waals surface area contributed by atoms with E-state index in [1.54, 1.807) is 13.8 Å². The number of ether oxygens (including phenoxy) is 2. The van der Waals surface area contributed by atoms with Crippen molar-refractivity contribution in [2.75, 3.05) is 6.61 Å². The topological polar surface area (TPSA) is 76.7 Å². The van der Waals surface area contributed by atoms with E-state index in [-0.39, 0.29) is 5.91 Å². The van der Waals surface area contributed by atoms with Gasteiger partial charge in [0.25, 0.3) is 5.91 Å². The summed E-state index contributed by atoms with van der Waals surface area (Å²) in [6.45, 7) is 3.84. The summed E-state index contributed by atoms with van der Waals surface area (Å²) in [7, 11) is 0. The van der Waals surface area contributed by atoms with Crippen LogP contribution in [0.3, 0.4) is 0 Å². The van der Waals surface area contributed by atoms with E-state index < -0.39 is 24.0 Å². The number of hydrogen-bond donors (Lipinski definition) is 2. The molecule has 2 aliphatic heterocycles. The third-order valence-electron chi connectivity index (χ3n) is 2.21. The van der Waals surface area contributed by atoms with Crippen molar-refractivity contribution in [1.82, 2.24) is 10.6 Å². The third-order valence-corrected chi connectivity index (χ3v) is 2.21. The summed E-state index contributed by atoms with van der Waals surface area (Å²) in [6.07, 6.45) is -0.406. The number of amides is 3. The summed E-state index contributed by atoms with van der Waals surface area (Å²) in [5.74, 6) is -1.04. The van der Waals surface area contributed by atoms with Gasteiger partial charge in [-0.2, -0.15) is 0 Å². The van der Waals surface area contributed by atoms with Crippen molar-refractivity contribution < 1.29 is 19.1 Å². The fraction of sp³-hybridized carbons (Fsp3) is 0.750. The molecule has 2 fully saturated rings. The van der Waals surface area contributed by atoms with E-state index >= 15 is 0 Å². The van der Waals surface area contributed by atoms with Crippen molar-refractivity contribution >= 4 is 11.9 Å². The van der Waals surface area contributed by atoms with Gasteiger partial charge in [-0.05, 0) is 13.8 Å². The van der Waals surface area contributed by atoms with Gasteiger partial charge in [0.2, 0.25) is 0 Å². The number of carbonyl (C=O) groups is 2. The van der Waals surface area contributed by atoms with Gasteiger partial charge in [0, 0.05) is 0 Å². The van der Waals surface area contributed by atoms with Crippen LogP contribution in [0, 0.1) is 0 Å². The van der Waals surface area contributed by atoms with Crippen molar-refractivity contribution in [2.45, 2.75) is 31.8 Å². The minimum atomic E-state index is -0.682. The average molecular weight is 200 g/mol. The highest BCUT2D eigenvalue weighted by atomic mass is 16.7. The lowest BCUT2D eigenvalue weighted by Gasteiger charge is -2.19. The Kier molecular flexibility index (Phi) is 1.97. The van der Waals surface area contributed by atoms with Crippen LogP contribution in [0.2, 0.25) is 0 Å². The van der Waals surface area contributed by atoms with Crippen molar-refractivity contribution in [2.24, 2.45) is 0 Å². The Morgan fingerprint density at radius 2 is 2.14 bits per heavy atom. The van der Waals surface area contributed by atoms with Crippen molar-refractivity contribution in [3.8, 4) is 0 Å². The summed E-state index contributed by atoms with van der Waals surface area (Å²) in [5, 5.41) is 4.63. The SMILES string of the molecule is CC1(C)OCC(C2NC(=O)NC2=O)O1. The Bertz CT molecular complexity index is 289. The largest absolute Gasteiger partial charge is 0.348 e. The van der Waals surface area contributed by atoms with E-state index in [1.165, 1.54) is 0 Å². The van der Waals surface area contributed by atoms with E-state index in [4.69, 9.17) is 9.47 Å². The monoisotopic (exact) mass is 200 g/mol. The third kappa shape index (κ3) is 1.58. The molecule has 14 heavy (non-hydrogen) atoms. The highest BCUT2D eigenvalue weighted by molar-refractivity contribution is 6.04. The Labute approximate surface area is 80.9 Å². The molecule has 2 atom stereocenters. The molecule has 0 aliphatic carbocycles. The van der Waals surface area contributed by atoms with Crippen LogP contribution in [0.4, 0.5) is 4.79 Å². The lowest BCUT2D eigenvalue weighted by molar-refractivity contribution is -0.144. The van der Waals surface area contributed by atoms with Gasteiger partial charge in [-0.3, -0.25) is 10.1 Å². The summed E-state index contributed by atoms with van der Waals surface area (Å²) in [4.78, 5) is 22.1. The van der Waals surface area contributed by atoms with Crippen molar-refractivity contribution in [3.05, 3.63) is 0 Å². The molecule has 78 valence electrons. The van der Waals surface area contributed by atoms with Gasteiger partial charge < -0.3 is 14.8 Å². The number of carbonyl (C=O) groups excluding carboxylic acids is 2. The molecule has 0 aromatic heterocycles. The average Bonchev–Trinajstić information content (AvgIpc) is 2.55. The minimum absolute atomic E-state index is 0.311. The van der Waals surface area contributed by atoms with Gasteiger partial charge >= 0.3 is 6.03 Å². The Hall–Kier alpha value is -1.14. The maximum Gasteiger partial charge on any atom is 0.322 e. The van der Waals surface area contributed by atoms with Crippen LogP contribution >= 0.6 is 0 Å². The first-order chi connectivity index (χ1) is 6.48. The minimum Gasteiger partial charge on any atom is -0.348 e. The molecule has 2 N–H and O–H groups in total. The Morgan fingerprint density at radius 1 is 1.43 bits per heavy atom. The van der Waals surface area contributed by atoms with E-state index in [2.05, 4.69) is 10.6 Å². The Balaban J connectivity index is 2.04. The summed E-state index contributed by atoms with van der Waals surface area (Å²) in [6, 6.07) is -1.11. The lowest BCUT2D eigenvalue weighted by Crippen LogP contribution is -2.43. The highest BCUT2D eigenvalue weighted by Gasteiger charge is 2.44. The number of hydrogen-bond acceptors (Lipinski definition) is 4. The molecule has 6 nitrogen and oxygen atoms in total. The standard InChI is InChI=1S/C8H12N2O4/c1-8(2)13-3-4(14-8)5-6(11)10-7(12)9-5/h4-5H,3H2,1-2H3,(H2,9,10,11,12). The second kappa shape index (κ2) is 2.93. The van der Waals surface area contributed by atoms with E-state index in [0.717, 1.165) is 0 Å². The van der Waals surface area contributed by atoms with E-state index in [9.17, 15) is 9.59 Å². The molecule has 0 spiro atoms. The molecule has 0 radical (unpaired) electrons. The maximum absolute atomic E-state index is 11.3. The van der Waals surface area contributed by atoms with Gasteiger partial charge in [0.1, 0.15) is 12.1 Å². The van der Waals surface area contributed by atoms with Crippen LogP contribution in [-0.4, -0.2) is 36.5 Å². The van der Waals surface area contributed by atoms with Gasteiger partial charge in [0.05, 0.1) is 6.61 Å². The fourth-order valence-electron chi connectivity index (χ4n) is 1.57. The summed E-state index contributed by atoms with van der Waals surface area (Å²) < 4.78 is 10.7. The highest BCUT2D eigenvalue weighted by Crippen LogP contribution is 2.24. The second-order valence-corrected chi connectivity index (χ2v) is 3.81. The summed E-state index contributed by atoms with van der Waals surface area (Å²) >= 11 is 0. The molecule has 0 aromatic carbocycles. The zero-order valence-electron chi connectivity index (χ0n) is 7.99. The number of nitrogens with one attached hydrogen (secondary N) is 2. The van der Waals surface area contributed by atoms with Crippen LogP contribution in [0.5, 0.6) is 0 Å². The molecule has 0 saturated carbocycles. The molecule has 3 amide bonds. The van der Waals surface area contributed by atoms with Gasteiger partial charge in [-0.15, -0.1) is 0 Å². The molecule has 0 bridgehead atoms. The van der Waals surface area contributed by atoms with Crippen LogP contribution in [0.25, 0.3) is 0 Å². The molecule has 2 aliphatic rings. The smallest absolute Gasteiger partial charge is 0.322 e. The quantitative estimate of drug-likeness (QED) is 0.551. The molecule has 6 heteroatoms. The first-order valence-corrected chi connectivity index (χ1v) is 4.41.